The molecule has 2 atom stereocenters. The molecule has 2 unspecified atom stereocenters. The highest BCUT2D eigenvalue weighted by atomic mass is 32.2. The zero-order chi connectivity index (χ0) is 9.97. The monoisotopic (exact) mass is 211 g/mol. The first-order valence-electron chi connectivity index (χ1n) is 5.04. The summed E-state index contributed by atoms with van der Waals surface area (Å²) < 4.78 is 5.69. The van der Waals surface area contributed by atoms with Crippen molar-refractivity contribution in [3.05, 3.63) is 23.9 Å². The largest absolute Gasteiger partial charge is 0.369 e. The van der Waals surface area contributed by atoms with Crippen LogP contribution < -0.4 is 0 Å². The Balaban J connectivity index is 2.09. The molecule has 1 aliphatic heterocycles. The molecule has 14 heavy (non-hydrogen) atoms. The van der Waals surface area contributed by atoms with E-state index in [2.05, 4.69) is 30.3 Å². The molecule has 0 saturated carbocycles. The SMILES string of the molecule is Cc1ccc([SH](C)C2CCCO2)nc1. The van der Waals surface area contributed by atoms with Gasteiger partial charge in [0.05, 0.1) is 10.5 Å². The number of ether oxygens (including phenoxy) is 1. The van der Waals surface area contributed by atoms with E-state index in [9.17, 15) is 0 Å². The second kappa shape index (κ2) is 4.32. The summed E-state index contributed by atoms with van der Waals surface area (Å²) in [6.07, 6.45) is 6.63. The number of aryl methyl sites for hydroxylation is 1. The van der Waals surface area contributed by atoms with Crippen LogP contribution in [0.3, 0.4) is 0 Å². The Hall–Kier alpha value is -0.540. The highest BCUT2D eigenvalue weighted by Crippen LogP contribution is 2.41. The fourth-order valence-corrected chi connectivity index (χ4v) is 3.43. The van der Waals surface area contributed by atoms with E-state index in [0.717, 1.165) is 6.61 Å². The quantitative estimate of drug-likeness (QED) is 0.759. The predicted octanol–water partition coefficient (Wildman–Crippen LogP) is 2.52. The molecule has 0 amide bonds. The first kappa shape index (κ1) is 9.99. The maximum Gasteiger partial charge on any atom is 0.0901 e. The molecule has 1 saturated heterocycles. The van der Waals surface area contributed by atoms with Gasteiger partial charge >= 0.3 is 0 Å². The fourth-order valence-electron chi connectivity index (χ4n) is 1.68. The Morgan fingerprint density at radius 1 is 1.50 bits per heavy atom. The van der Waals surface area contributed by atoms with E-state index in [-0.39, 0.29) is 10.9 Å². The van der Waals surface area contributed by atoms with Crippen molar-refractivity contribution in [3.63, 3.8) is 0 Å². The highest BCUT2D eigenvalue weighted by molar-refractivity contribution is 8.16. The summed E-state index contributed by atoms with van der Waals surface area (Å²) >= 11 is 0. The molecule has 1 aromatic rings. The Morgan fingerprint density at radius 2 is 2.36 bits per heavy atom. The van der Waals surface area contributed by atoms with Crippen LogP contribution in [0.1, 0.15) is 18.4 Å². The number of hydrogen-bond donors (Lipinski definition) is 1. The molecule has 2 nitrogen and oxygen atoms in total. The number of thiol groups is 1. The maximum absolute atomic E-state index is 5.69. The second-order valence-electron chi connectivity index (χ2n) is 3.77. The molecule has 1 aliphatic rings. The van der Waals surface area contributed by atoms with Crippen LogP contribution in [0.15, 0.2) is 23.4 Å². The number of nitrogens with zero attached hydrogens (tertiary/aromatic N) is 1. The van der Waals surface area contributed by atoms with Crippen molar-refractivity contribution < 1.29 is 4.74 Å². The van der Waals surface area contributed by atoms with E-state index in [1.165, 1.54) is 23.4 Å². The van der Waals surface area contributed by atoms with E-state index in [0.29, 0.717) is 5.44 Å². The molecule has 0 N–H and O–H groups in total. The van der Waals surface area contributed by atoms with Crippen molar-refractivity contribution in [2.45, 2.75) is 30.2 Å². The van der Waals surface area contributed by atoms with Crippen LogP contribution >= 0.6 is 10.9 Å². The molecule has 0 bridgehead atoms. The summed E-state index contributed by atoms with van der Waals surface area (Å²) in [7, 11) is -0.223. The van der Waals surface area contributed by atoms with E-state index >= 15 is 0 Å². The van der Waals surface area contributed by atoms with Crippen LogP contribution in [0.4, 0.5) is 0 Å². The predicted molar refractivity (Wildman–Crippen MR) is 61.1 cm³/mol. The van der Waals surface area contributed by atoms with Gasteiger partial charge in [0, 0.05) is 12.8 Å². The minimum absolute atomic E-state index is 0.223. The summed E-state index contributed by atoms with van der Waals surface area (Å²) in [5, 5.41) is 1.22. The standard InChI is InChI=1S/C11H17NOS/c1-9-5-6-10(12-8-9)14(2)11-4-3-7-13-11/h5-6,8,11,14H,3-4,7H2,1-2H3. The van der Waals surface area contributed by atoms with Gasteiger partial charge in [-0.3, -0.25) is 4.98 Å². The average Bonchev–Trinajstić information content (AvgIpc) is 2.71. The van der Waals surface area contributed by atoms with E-state index in [1.807, 2.05) is 6.20 Å². The molecule has 78 valence electrons. The topological polar surface area (TPSA) is 22.1 Å². The molecule has 1 aromatic heterocycles. The lowest BCUT2D eigenvalue weighted by Crippen LogP contribution is -2.06. The van der Waals surface area contributed by atoms with Gasteiger partial charge in [0.25, 0.3) is 0 Å². The Bertz CT molecular complexity index is 293. The van der Waals surface area contributed by atoms with Crippen LogP contribution in [0, 0.1) is 6.92 Å². The smallest absolute Gasteiger partial charge is 0.0901 e. The second-order valence-corrected chi connectivity index (χ2v) is 6.03. The highest BCUT2D eigenvalue weighted by Gasteiger charge is 2.21. The minimum Gasteiger partial charge on any atom is -0.369 e. The van der Waals surface area contributed by atoms with Gasteiger partial charge in [0.15, 0.2) is 0 Å². The molecule has 3 heteroatoms. The minimum atomic E-state index is -0.223. The van der Waals surface area contributed by atoms with E-state index < -0.39 is 0 Å². The number of rotatable bonds is 2. The molecular weight excluding hydrogens is 194 g/mol. The molecule has 1 fully saturated rings. The van der Waals surface area contributed by atoms with Crippen LogP contribution in [0.2, 0.25) is 0 Å². The van der Waals surface area contributed by atoms with Crippen molar-refractivity contribution in [1.82, 2.24) is 4.98 Å². The van der Waals surface area contributed by atoms with Gasteiger partial charge in [-0.05, 0) is 37.7 Å². The molecule has 2 heterocycles. The first-order chi connectivity index (χ1) is 6.77. The normalized spacial score (nSPS) is 25.0. The van der Waals surface area contributed by atoms with Crippen LogP contribution in [-0.2, 0) is 4.74 Å². The molecule has 0 aliphatic carbocycles. The van der Waals surface area contributed by atoms with Gasteiger partial charge in [-0.1, -0.05) is 6.07 Å². The van der Waals surface area contributed by atoms with Crippen molar-refractivity contribution >= 4 is 10.9 Å². The summed E-state index contributed by atoms with van der Waals surface area (Å²) in [5.41, 5.74) is 1.67. The Kier molecular flexibility index (Phi) is 3.08. The molecular formula is C11H17NOS. The van der Waals surface area contributed by atoms with Gasteiger partial charge in [-0.2, -0.15) is 10.9 Å². The Labute approximate surface area is 88.0 Å². The molecule has 0 aromatic carbocycles. The third-order valence-electron chi connectivity index (χ3n) is 2.59. The van der Waals surface area contributed by atoms with Gasteiger partial charge in [0.1, 0.15) is 0 Å². The Morgan fingerprint density at radius 3 is 2.93 bits per heavy atom. The lowest BCUT2D eigenvalue weighted by molar-refractivity contribution is 0.172. The van der Waals surface area contributed by atoms with Gasteiger partial charge in [-0.25, -0.2) is 0 Å². The zero-order valence-electron chi connectivity index (χ0n) is 8.73. The third kappa shape index (κ3) is 2.10. The van der Waals surface area contributed by atoms with Crippen LogP contribution in [0.25, 0.3) is 0 Å². The fraction of sp³-hybridized carbons (Fsp3) is 0.545. The lowest BCUT2D eigenvalue weighted by atomic mass is 10.3. The zero-order valence-corrected chi connectivity index (χ0v) is 9.63. The maximum atomic E-state index is 5.69. The summed E-state index contributed by atoms with van der Waals surface area (Å²) in [5.74, 6) is 0. The van der Waals surface area contributed by atoms with Crippen molar-refractivity contribution in [1.29, 1.82) is 0 Å². The average molecular weight is 211 g/mol. The van der Waals surface area contributed by atoms with Gasteiger partial charge in [-0.15, -0.1) is 0 Å². The molecule has 2 rings (SSSR count). The summed E-state index contributed by atoms with van der Waals surface area (Å²) in [4.78, 5) is 4.47. The number of aromatic nitrogens is 1. The van der Waals surface area contributed by atoms with Crippen molar-refractivity contribution in [2.24, 2.45) is 0 Å². The van der Waals surface area contributed by atoms with Crippen LogP contribution in [-0.4, -0.2) is 23.3 Å². The third-order valence-corrected chi connectivity index (χ3v) is 4.85. The van der Waals surface area contributed by atoms with Gasteiger partial charge < -0.3 is 4.74 Å². The van der Waals surface area contributed by atoms with E-state index in [1.54, 1.807) is 0 Å². The van der Waals surface area contributed by atoms with Crippen molar-refractivity contribution in [2.75, 3.05) is 12.9 Å². The number of hydrogen-bond acceptors (Lipinski definition) is 2. The van der Waals surface area contributed by atoms with Crippen molar-refractivity contribution in [3.8, 4) is 0 Å². The molecule has 0 radical (unpaired) electrons. The number of pyridine rings is 1. The first-order valence-corrected chi connectivity index (χ1v) is 6.90. The van der Waals surface area contributed by atoms with Gasteiger partial charge in [0.2, 0.25) is 0 Å². The van der Waals surface area contributed by atoms with E-state index in [4.69, 9.17) is 4.74 Å². The molecule has 0 spiro atoms. The van der Waals surface area contributed by atoms with Crippen LogP contribution in [0.5, 0.6) is 0 Å². The lowest BCUT2D eigenvalue weighted by Gasteiger charge is -2.22. The summed E-state index contributed by atoms with van der Waals surface area (Å²) in [6, 6.07) is 4.28. The summed E-state index contributed by atoms with van der Waals surface area (Å²) in [6.45, 7) is 3.00.